The molecule has 0 aliphatic heterocycles. The van der Waals surface area contributed by atoms with Crippen LogP contribution in [0.25, 0.3) is 0 Å². The van der Waals surface area contributed by atoms with E-state index in [9.17, 15) is 0 Å². The van der Waals surface area contributed by atoms with E-state index >= 15 is 0 Å². The van der Waals surface area contributed by atoms with Crippen LogP contribution in [-0.4, -0.2) is 559 Å². The fourth-order valence-corrected chi connectivity index (χ4v) is 14.0. The summed E-state index contributed by atoms with van der Waals surface area (Å²) in [5.41, 5.74) is 0. The van der Waals surface area contributed by atoms with Gasteiger partial charge in [-0.15, -0.1) is 0 Å². The Hall–Kier alpha value is 5.13. The summed E-state index contributed by atoms with van der Waals surface area (Å²) < 4.78 is 0. The third-order valence-corrected chi connectivity index (χ3v) is 16.7. The fourth-order valence-electron chi connectivity index (χ4n) is 14.0. The van der Waals surface area contributed by atoms with Crippen LogP contribution in [0.3, 0.4) is 0 Å². The smallest absolute Gasteiger partial charge is 0 e. The Balaban J connectivity index is 12.6. The molecule has 0 unspecified atom stereocenters. The second kappa shape index (κ2) is 38.9. The first-order valence-electron chi connectivity index (χ1n) is 26.0. The Bertz CT molecular complexity index is 1200. The van der Waals surface area contributed by atoms with E-state index in [1.165, 1.54) is 0 Å². The van der Waals surface area contributed by atoms with E-state index in [1.54, 1.807) is 0 Å². The van der Waals surface area contributed by atoms with Gasteiger partial charge in [0, 0.05) is 248 Å². The molecule has 82 radical (unpaired) electrons. The first-order chi connectivity index (χ1) is 36.0. The van der Waals surface area contributed by atoms with Crippen molar-refractivity contribution in [2.45, 2.75) is 0 Å². The van der Waals surface area contributed by atoms with Crippen molar-refractivity contribution in [1.29, 1.82) is 0 Å². The SMILES string of the molecule is [B]B([B])B(B([B])[B])B(B(B([B])[B])B([B])[B])B(B(B(B([B])[B])B([B])[B])B(B([B])[B])B([B])[B])B(B(B(B([B])[B])B([B])[B])B(B([B])[B])B([B])[B][B-])B(B(B(B([B])[B])B([B])[B])B(B([B])[B])B([B])[B])B(B(B([B])[B])B([B])[B])B(B([B])[B])B([B])[B]. The Kier molecular flexibility index (Phi) is 41.4. The number of hydrogen-bond acceptors (Lipinski definition) is 0. The summed E-state index contributed by atoms with van der Waals surface area (Å²) in [6.07, 6.45) is -62.8. The van der Waals surface area contributed by atoms with Crippen LogP contribution in [0, 0.1) is 0 Å². The Morgan fingerprint density at radius 2 is 0.203 bits per heavy atom. The Morgan fingerprint density at radius 1 is 0.127 bits per heavy atom. The van der Waals surface area contributed by atoms with E-state index in [-0.39, 0.29) is 0 Å². The van der Waals surface area contributed by atoms with Gasteiger partial charge in [0.15, 0.2) is 0 Å². The highest BCUT2D eigenvalue weighted by Crippen LogP contribution is 2.28. The molecule has 0 atom stereocenters. The summed E-state index contributed by atoms with van der Waals surface area (Å²) in [6, 6.07) is 0. The molecule has 0 spiro atoms. The van der Waals surface area contributed by atoms with Crippen LogP contribution in [0.4, 0.5) is 0 Å². The monoisotopic (exact) mass is 870 g/mol. The predicted molar refractivity (Wildman–Crippen MR) is 455 cm³/mol. The lowest BCUT2D eigenvalue weighted by Crippen LogP contribution is -2.99. The van der Waals surface area contributed by atoms with Crippen molar-refractivity contribution in [3.05, 3.63) is 0 Å². The summed E-state index contributed by atoms with van der Waals surface area (Å²) in [5.74, 6) is 0. The van der Waals surface area contributed by atoms with Gasteiger partial charge in [0.1, 0.15) is 0 Å². The normalized spacial score (nSPS) is 9.78. The van der Waals surface area contributed by atoms with Gasteiger partial charge in [-0.25, -0.2) is 0 Å². The summed E-state index contributed by atoms with van der Waals surface area (Å²) in [7, 11) is 275. The molecular formula is B79-. The van der Waals surface area contributed by atoms with Crippen LogP contribution < -0.4 is 0 Å². The van der Waals surface area contributed by atoms with E-state index in [0.717, 1.165) is 7.06 Å². The zero-order valence-electron chi connectivity index (χ0n) is 45.6. The average Bonchev–Trinajstić information content (AvgIpc) is 3.23. The molecule has 0 nitrogen and oxygen atoms in total. The highest BCUT2D eigenvalue weighted by molar-refractivity contribution is 8.41. The van der Waals surface area contributed by atoms with E-state index in [2.05, 4.69) is 0 Å². The average molecular weight is 854 g/mol. The minimum Gasteiger partial charge on any atom is -0.690 e. The third-order valence-electron chi connectivity index (χ3n) is 16.7. The van der Waals surface area contributed by atoms with Crippen molar-refractivity contribution >= 4 is 559 Å². The van der Waals surface area contributed by atoms with Gasteiger partial charge < -0.3 is 7.74 Å². The molecule has 0 aromatic carbocycles. The molecule has 0 fully saturated rings. The molecule has 79 heavy (non-hydrogen) atoms. The molecule has 0 saturated carbocycles. The highest BCUT2D eigenvalue weighted by atomic mass is 13.5. The second-order valence-corrected chi connectivity index (χ2v) is 22.1. The van der Waals surface area contributed by atoms with Crippen LogP contribution in [-0.2, 0) is 0 Å². The maximum absolute atomic E-state index is 7.11. The summed E-state index contributed by atoms with van der Waals surface area (Å²) in [5, 5.41) is 0. The lowest BCUT2D eigenvalue weighted by atomic mass is 8.20. The summed E-state index contributed by atoms with van der Waals surface area (Å²) >= 11 is 0. The topological polar surface area (TPSA) is 0 Å². The molecule has 0 amide bonds. The summed E-state index contributed by atoms with van der Waals surface area (Å²) in [4.78, 5) is 0. The first-order valence-corrected chi connectivity index (χ1v) is 26.0. The van der Waals surface area contributed by atoms with Crippen LogP contribution in [0.1, 0.15) is 0 Å². The van der Waals surface area contributed by atoms with E-state index in [1.807, 2.05) is 0 Å². The van der Waals surface area contributed by atoms with Gasteiger partial charge in [0.25, 0.3) is 0 Å². The van der Waals surface area contributed by atoms with Crippen LogP contribution in [0.2, 0.25) is 0 Å². The van der Waals surface area contributed by atoms with Gasteiger partial charge in [-0.3, -0.25) is 7.06 Å². The van der Waals surface area contributed by atoms with Crippen molar-refractivity contribution in [3.63, 3.8) is 0 Å². The Morgan fingerprint density at radius 3 is 0.278 bits per heavy atom. The van der Waals surface area contributed by atoms with Crippen LogP contribution in [0.5, 0.6) is 0 Å². The molecule has 0 N–H and O–H groups in total. The van der Waals surface area contributed by atoms with E-state index in [4.69, 9.17) is 309 Å². The molecular weight excluding hydrogens is 854 g/mol. The highest BCUT2D eigenvalue weighted by Gasteiger charge is 2.65. The first kappa shape index (κ1) is 84.1. The largest absolute Gasteiger partial charge is 0.690 e. The molecule has 0 bridgehead atoms. The van der Waals surface area contributed by atoms with Crippen molar-refractivity contribution in [2.75, 3.05) is 0 Å². The van der Waals surface area contributed by atoms with Gasteiger partial charge in [-0.2, -0.15) is 0 Å². The van der Waals surface area contributed by atoms with Crippen molar-refractivity contribution in [2.24, 2.45) is 0 Å². The van der Waals surface area contributed by atoms with Crippen LogP contribution >= 0.6 is 0 Å². The molecule has 0 aromatic rings. The standard InChI is InChI=1S/B79/c1-41-61(40)71(60(38)39)76(70(58(34)35)59(36)37)79(77(72(62(42(2)3)43(4)5)63(44(6)7)45(8)9)73(64(46(10)11)47(12)13)65(48(14)15)49(16)17)78(74(66(50(18)19)51(20)21)67(52(22)23)53(24)25)75(68(54(26)27)55(28)29)69(56(30)31)57(32)33/q-1. The zero-order valence-corrected chi connectivity index (χ0v) is 45.6. The van der Waals surface area contributed by atoms with E-state index < -0.39 is 243 Å². The van der Waals surface area contributed by atoms with E-state index in [0.29, 0.717) is 0 Å². The van der Waals surface area contributed by atoms with Gasteiger partial charge in [0.2, 0.25) is 0 Å². The molecule has 0 saturated heterocycles. The Labute approximate surface area is 553 Å². The molecule has 0 aromatic heterocycles. The van der Waals surface area contributed by atoms with Gasteiger partial charge in [-0.1, -0.05) is 0 Å². The molecule has 0 aliphatic carbocycles. The van der Waals surface area contributed by atoms with Gasteiger partial charge in [0.05, 0.1) is 0 Å². The predicted octanol–water partition coefficient (Wildman–Crippen LogP) is -30.1. The molecule has 79 heteroatoms. The maximum Gasteiger partial charge on any atom is 0 e. The summed E-state index contributed by atoms with van der Waals surface area (Å²) in [6.45, 7) is 0. The second-order valence-electron chi connectivity index (χ2n) is 22.1. The van der Waals surface area contributed by atoms with Crippen molar-refractivity contribution in [1.82, 2.24) is 0 Å². The third kappa shape index (κ3) is 22.7. The zero-order chi connectivity index (χ0) is 62.6. The lowest BCUT2D eigenvalue weighted by molar-refractivity contribution is 3.14. The number of rotatable bonds is 38. The minimum atomic E-state index is -1.88. The number of hydrogen-bond donors (Lipinski definition) is 0. The fraction of sp³-hybridized carbons (Fsp3) is 0. The maximum atomic E-state index is 7.11. The minimum absolute atomic E-state index is 1.04. The lowest BCUT2D eigenvalue weighted by Gasteiger charge is -2.61. The van der Waals surface area contributed by atoms with Crippen molar-refractivity contribution < 1.29 is 0 Å². The quantitative estimate of drug-likeness (QED) is 0.0543. The van der Waals surface area contributed by atoms with Gasteiger partial charge in [-0.05, 0) is 297 Å². The molecule has 0 heterocycles. The molecule has 238 valence electrons. The molecule has 0 aliphatic rings. The molecule has 0 rings (SSSR count). The van der Waals surface area contributed by atoms with Crippen LogP contribution in [0.15, 0.2) is 0 Å². The van der Waals surface area contributed by atoms with Crippen molar-refractivity contribution in [3.8, 4) is 0 Å². The van der Waals surface area contributed by atoms with Gasteiger partial charge >= 0.3 is 0 Å².